The zero-order valence-corrected chi connectivity index (χ0v) is 22.0. The molecule has 0 unspecified atom stereocenters. The highest BCUT2D eigenvalue weighted by Gasteiger charge is 2.56. The number of esters is 1. The van der Waals surface area contributed by atoms with E-state index in [0.717, 1.165) is 0 Å². The van der Waals surface area contributed by atoms with Gasteiger partial charge >= 0.3 is 12.1 Å². The maximum Gasteiger partial charge on any atom is 0.411 e. The molecule has 4 atom stereocenters. The molecule has 0 aromatic rings. The van der Waals surface area contributed by atoms with Gasteiger partial charge in [0.2, 0.25) is 5.91 Å². The van der Waals surface area contributed by atoms with Gasteiger partial charge in [0.25, 0.3) is 0 Å². The number of nitrogens with zero attached hydrogens (tertiary/aromatic N) is 1. The Morgan fingerprint density at radius 2 is 1.55 bits per heavy atom. The number of aliphatic hydroxyl groups excluding tert-OH is 1. The molecule has 9 heteroatoms. The molecule has 1 saturated heterocycles. The van der Waals surface area contributed by atoms with Gasteiger partial charge in [-0.25, -0.2) is 9.59 Å². The molecule has 33 heavy (non-hydrogen) atoms. The van der Waals surface area contributed by atoms with E-state index < -0.39 is 52.9 Å². The summed E-state index contributed by atoms with van der Waals surface area (Å²) in [5.74, 6) is -1.38. The average molecular weight is 473 g/mol. The Kier molecular flexibility index (Phi) is 9.75. The van der Waals surface area contributed by atoms with E-state index in [2.05, 4.69) is 5.32 Å². The summed E-state index contributed by atoms with van der Waals surface area (Å²) >= 11 is 0. The SMILES string of the molecule is CCC(CC)(OC)[C@H](NC(C)=O)[C@H]1[C@H](CO)C[C@H](C(=O)OC(C)(C)C)N1C(=O)OC(C)(C)C. The van der Waals surface area contributed by atoms with Crippen LogP contribution in [-0.2, 0) is 23.8 Å². The van der Waals surface area contributed by atoms with Crippen molar-refractivity contribution in [3.05, 3.63) is 0 Å². The molecule has 0 aliphatic carbocycles. The number of carbonyl (C=O) groups excluding carboxylic acids is 3. The molecule has 0 saturated carbocycles. The standard InChI is InChI=1S/C24H44N2O7/c1-11-24(12-2,31-10)19(25-15(3)28)18-16(14-27)13-17(20(29)32-22(4,5)6)26(18)21(30)33-23(7,8)9/h16-19,27H,11-14H2,1-10H3,(H,25,28)/t16-,17+,18+,19+/m0/s1. The van der Waals surface area contributed by atoms with Gasteiger partial charge < -0.3 is 24.6 Å². The van der Waals surface area contributed by atoms with Gasteiger partial charge in [-0.05, 0) is 60.8 Å². The van der Waals surface area contributed by atoms with Gasteiger partial charge in [0, 0.05) is 26.6 Å². The third-order valence-corrected chi connectivity index (χ3v) is 6.05. The highest BCUT2D eigenvalue weighted by molar-refractivity contribution is 5.83. The van der Waals surface area contributed by atoms with E-state index >= 15 is 0 Å². The number of carbonyl (C=O) groups is 3. The molecule has 1 aliphatic heterocycles. The molecular formula is C24H44N2O7. The molecular weight excluding hydrogens is 428 g/mol. The van der Waals surface area contributed by atoms with Gasteiger partial charge in [-0.3, -0.25) is 9.69 Å². The van der Waals surface area contributed by atoms with Crippen molar-refractivity contribution in [2.24, 2.45) is 5.92 Å². The highest BCUT2D eigenvalue weighted by atomic mass is 16.6. The van der Waals surface area contributed by atoms with E-state index in [1.54, 1.807) is 48.7 Å². The predicted octanol–water partition coefficient (Wildman–Crippen LogP) is 3.02. The molecule has 1 aliphatic rings. The van der Waals surface area contributed by atoms with Crippen molar-refractivity contribution in [3.63, 3.8) is 0 Å². The second-order valence-corrected chi connectivity index (χ2v) is 10.8. The lowest BCUT2D eigenvalue weighted by atomic mass is 9.79. The molecule has 1 rings (SSSR count). The Morgan fingerprint density at radius 1 is 1.03 bits per heavy atom. The third kappa shape index (κ3) is 7.30. The zero-order valence-electron chi connectivity index (χ0n) is 22.0. The molecule has 192 valence electrons. The number of aliphatic hydroxyl groups is 1. The van der Waals surface area contributed by atoms with Crippen molar-refractivity contribution in [1.82, 2.24) is 10.2 Å². The van der Waals surface area contributed by atoms with E-state index in [-0.39, 0.29) is 18.9 Å². The van der Waals surface area contributed by atoms with Crippen LogP contribution in [0.4, 0.5) is 4.79 Å². The third-order valence-electron chi connectivity index (χ3n) is 6.05. The smallest absolute Gasteiger partial charge is 0.411 e. The molecule has 9 nitrogen and oxygen atoms in total. The molecule has 1 fully saturated rings. The summed E-state index contributed by atoms with van der Waals surface area (Å²) in [5, 5.41) is 13.2. The summed E-state index contributed by atoms with van der Waals surface area (Å²) in [6, 6.07) is -2.40. The number of nitrogens with one attached hydrogen (secondary N) is 1. The van der Waals surface area contributed by atoms with E-state index in [1.807, 2.05) is 13.8 Å². The molecule has 0 bridgehead atoms. The first-order valence-corrected chi connectivity index (χ1v) is 11.7. The van der Waals surface area contributed by atoms with Crippen LogP contribution >= 0.6 is 0 Å². The van der Waals surface area contributed by atoms with E-state index in [9.17, 15) is 19.5 Å². The summed E-state index contributed by atoms with van der Waals surface area (Å²) in [6.07, 6.45) is 0.558. The van der Waals surface area contributed by atoms with Gasteiger partial charge in [-0.1, -0.05) is 13.8 Å². The largest absolute Gasteiger partial charge is 0.458 e. The van der Waals surface area contributed by atoms with E-state index in [0.29, 0.717) is 12.8 Å². The second kappa shape index (κ2) is 11.0. The first-order valence-electron chi connectivity index (χ1n) is 11.7. The number of ether oxygens (including phenoxy) is 3. The monoisotopic (exact) mass is 472 g/mol. The van der Waals surface area contributed by atoms with Crippen LogP contribution in [-0.4, -0.2) is 76.6 Å². The van der Waals surface area contributed by atoms with Crippen LogP contribution in [0.25, 0.3) is 0 Å². The summed E-state index contributed by atoms with van der Waals surface area (Å²) < 4.78 is 17.2. The maximum absolute atomic E-state index is 13.5. The maximum atomic E-state index is 13.5. The fraction of sp³-hybridized carbons (Fsp3) is 0.875. The lowest BCUT2D eigenvalue weighted by molar-refractivity contribution is -0.161. The fourth-order valence-corrected chi connectivity index (χ4v) is 4.59. The Bertz CT molecular complexity index is 684. The van der Waals surface area contributed by atoms with Gasteiger partial charge in [0.15, 0.2) is 0 Å². The summed E-state index contributed by atoms with van der Waals surface area (Å²) in [6.45, 7) is 15.5. The molecule has 0 aromatic carbocycles. The minimum atomic E-state index is -0.972. The number of rotatable bonds is 8. The van der Waals surface area contributed by atoms with Crippen LogP contribution in [0.5, 0.6) is 0 Å². The van der Waals surface area contributed by atoms with Crippen LogP contribution in [0.2, 0.25) is 0 Å². The van der Waals surface area contributed by atoms with Gasteiger partial charge in [-0.15, -0.1) is 0 Å². The Hall–Kier alpha value is -1.87. The Labute approximate surface area is 198 Å². The Morgan fingerprint density at radius 3 is 1.91 bits per heavy atom. The first-order chi connectivity index (χ1) is 15.1. The van der Waals surface area contributed by atoms with Gasteiger partial charge in [0.1, 0.15) is 17.2 Å². The Balaban J connectivity index is 3.67. The fourth-order valence-electron chi connectivity index (χ4n) is 4.59. The molecule has 0 spiro atoms. The number of likely N-dealkylation sites (tertiary alicyclic amines) is 1. The molecule has 0 radical (unpaired) electrons. The van der Waals surface area contributed by atoms with Crippen molar-refractivity contribution in [2.45, 2.75) is 117 Å². The number of methoxy groups -OCH3 is 1. The van der Waals surface area contributed by atoms with Crippen molar-refractivity contribution < 1.29 is 33.7 Å². The minimum Gasteiger partial charge on any atom is -0.458 e. The summed E-state index contributed by atoms with van der Waals surface area (Å²) in [7, 11) is 1.56. The van der Waals surface area contributed by atoms with Crippen LogP contribution in [0.1, 0.15) is 81.6 Å². The van der Waals surface area contributed by atoms with Crippen LogP contribution in [0.3, 0.4) is 0 Å². The number of hydrogen-bond acceptors (Lipinski definition) is 7. The van der Waals surface area contributed by atoms with Crippen LogP contribution < -0.4 is 5.32 Å². The predicted molar refractivity (Wildman–Crippen MR) is 125 cm³/mol. The van der Waals surface area contributed by atoms with Gasteiger partial charge in [-0.2, -0.15) is 0 Å². The lowest BCUT2D eigenvalue weighted by Gasteiger charge is -2.46. The van der Waals surface area contributed by atoms with Crippen molar-refractivity contribution in [3.8, 4) is 0 Å². The first kappa shape index (κ1) is 29.2. The van der Waals surface area contributed by atoms with Crippen molar-refractivity contribution >= 4 is 18.0 Å². The molecule has 1 heterocycles. The normalized spacial score (nSPS) is 22.6. The summed E-state index contributed by atoms with van der Waals surface area (Å²) in [4.78, 5) is 40.2. The molecule has 0 aromatic heterocycles. The summed E-state index contributed by atoms with van der Waals surface area (Å²) in [5.41, 5.74) is -2.40. The molecule has 2 amide bonds. The highest BCUT2D eigenvalue weighted by Crippen LogP contribution is 2.40. The lowest BCUT2D eigenvalue weighted by Crippen LogP contribution is -2.65. The van der Waals surface area contributed by atoms with E-state index in [4.69, 9.17) is 14.2 Å². The van der Waals surface area contributed by atoms with Crippen LogP contribution in [0, 0.1) is 5.92 Å². The zero-order chi connectivity index (χ0) is 25.8. The molecule has 2 N–H and O–H groups in total. The minimum absolute atomic E-state index is 0.179. The van der Waals surface area contributed by atoms with E-state index in [1.165, 1.54) is 11.8 Å². The topological polar surface area (TPSA) is 114 Å². The van der Waals surface area contributed by atoms with Gasteiger partial charge in [0.05, 0.1) is 17.7 Å². The second-order valence-electron chi connectivity index (χ2n) is 10.8. The quantitative estimate of drug-likeness (QED) is 0.522. The average Bonchev–Trinajstić information content (AvgIpc) is 3.05. The van der Waals surface area contributed by atoms with Crippen LogP contribution in [0.15, 0.2) is 0 Å². The van der Waals surface area contributed by atoms with Crippen molar-refractivity contribution in [1.29, 1.82) is 0 Å². The van der Waals surface area contributed by atoms with Crippen molar-refractivity contribution in [2.75, 3.05) is 13.7 Å². The number of hydrogen-bond donors (Lipinski definition) is 2. The number of amides is 2.